The smallest absolute Gasteiger partial charge is 0.329 e. The van der Waals surface area contributed by atoms with Gasteiger partial charge in [0.15, 0.2) is 0 Å². The predicted octanol–water partition coefficient (Wildman–Crippen LogP) is 3.84. The van der Waals surface area contributed by atoms with E-state index in [0.29, 0.717) is 16.5 Å². The summed E-state index contributed by atoms with van der Waals surface area (Å²) in [6, 6.07) is 16.1. The van der Waals surface area contributed by atoms with Gasteiger partial charge in [0.05, 0.1) is 24.0 Å². The molecule has 2 N–H and O–H groups in total. The van der Waals surface area contributed by atoms with Crippen LogP contribution in [0.4, 0.5) is 5.69 Å². The van der Waals surface area contributed by atoms with Gasteiger partial charge in [-0.1, -0.05) is 23.7 Å². The summed E-state index contributed by atoms with van der Waals surface area (Å²) >= 11 is 6.31. The second-order valence-electron chi connectivity index (χ2n) is 6.50. The summed E-state index contributed by atoms with van der Waals surface area (Å²) in [4.78, 5) is 24.0. The van der Waals surface area contributed by atoms with Crippen LogP contribution in [-0.4, -0.2) is 29.7 Å². The molecule has 7 nitrogen and oxygen atoms in total. The van der Waals surface area contributed by atoms with Crippen LogP contribution >= 0.6 is 11.6 Å². The van der Waals surface area contributed by atoms with Gasteiger partial charge in [-0.2, -0.15) is 5.10 Å². The third-order valence-electron chi connectivity index (χ3n) is 4.49. The first-order valence-electron chi connectivity index (χ1n) is 9.13. The van der Waals surface area contributed by atoms with Crippen molar-refractivity contribution in [3.63, 3.8) is 0 Å². The van der Waals surface area contributed by atoms with Gasteiger partial charge >= 0.3 is 11.8 Å². The van der Waals surface area contributed by atoms with Crippen LogP contribution in [0, 0.1) is 13.8 Å². The van der Waals surface area contributed by atoms with Crippen molar-refractivity contribution in [2.45, 2.75) is 13.8 Å². The minimum Gasteiger partial charge on any atom is -0.497 e. The standard InChI is InChI=1S/C22H21ClN4O3/c1-14-12-16(15(2)27(14)20-7-5-4-6-19(20)23)13-24-26-22(29)21(28)25-17-8-10-18(30-3)11-9-17/h4-13H,1-3H3,(H,25,28)(H,26,29)/b24-13-. The summed E-state index contributed by atoms with van der Waals surface area (Å²) in [6.07, 6.45) is 1.49. The number of methoxy groups -OCH3 is 1. The first-order chi connectivity index (χ1) is 14.4. The molecule has 3 aromatic rings. The topological polar surface area (TPSA) is 84.7 Å². The van der Waals surface area contributed by atoms with Gasteiger partial charge in [-0.15, -0.1) is 0 Å². The first-order valence-corrected chi connectivity index (χ1v) is 9.50. The molecule has 1 aromatic heterocycles. The average molecular weight is 425 g/mol. The monoisotopic (exact) mass is 424 g/mol. The van der Waals surface area contributed by atoms with Crippen molar-refractivity contribution < 1.29 is 14.3 Å². The number of aryl methyl sites for hydroxylation is 1. The number of ether oxygens (including phenoxy) is 1. The number of benzene rings is 2. The SMILES string of the molecule is COc1ccc(NC(=O)C(=O)N/N=C\c2cc(C)n(-c3ccccc3Cl)c2C)cc1. The zero-order chi connectivity index (χ0) is 21.7. The van der Waals surface area contributed by atoms with Crippen LogP contribution in [0.1, 0.15) is 17.0 Å². The van der Waals surface area contributed by atoms with E-state index in [1.54, 1.807) is 31.4 Å². The number of hydrogen-bond donors (Lipinski definition) is 2. The average Bonchev–Trinajstić information content (AvgIpc) is 3.02. The van der Waals surface area contributed by atoms with Crippen molar-refractivity contribution in [1.29, 1.82) is 0 Å². The number of carbonyl (C=O) groups is 2. The summed E-state index contributed by atoms with van der Waals surface area (Å²) in [5.74, 6) is -1.04. The Kier molecular flexibility index (Phi) is 6.54. The predicted molar refractivity (Wildman–Crippen MR) is 118 cm³/mol. The number of rotatable bonds is 5. The molecule has 1 heterocycles. The number of hydrogen-bond acceptors (Lipinski definition) is 4. The molecular formula is C22H21ClN4O3. The van der Waals surface area contributed by atoms with Crippen molar-refractivity contribution in [2.75, 3.05) is 12.4 Å². The summed E-state index contributed by atoms with van der Waals surface area (Å²) in [6.45, 7) is 3.88. The van der Waals surface area contributed by atoms with Gasteiger partial charge in [-0.3, -0.25) is 9.59 Å². The van der Waals surface area contributed by atoms with E-state index in [1.807, 2.05) is 48.7 Å². The molecule has 0 radical (unpaired) electrons. The molecule has 0 saturated carbocycles. The maximum atomic E-state index is 12.0. The fourth-order valence-electron chi connectivity index (χ4n) is 3.00. The fraction of sp³-hybridized carbons (Fsp3) is 0.136. The Morgan fingerprint density at radius 3 is 2.43 bits per heavy atom. The van der Waals surface area contributed by atoms with E-state index < -0.39 is 11.8 Å². The first kappa shape index (κ1) is 21.1. The van der Waals surface area contributed by atoms with E-state index in [0.717, 1.165) is 22.6 Å². The molecule has 0 aliphatic heterocycles. The maximum absolute atomic E-state index is 12.0. The number of carbonyl (C=O) groups excluding carboxylic acids is 2. The molecule has 0 spiro atoms. The van der Waals surface area contributed by atoms with Gasteiger partial charge < -0.3 is 14.6 Å². The second kappa shape index (κ2) is 9.28. The highest BCUT2D eigenvalue weighted by Crippen LogP contribution is 2.25. The Bertz CT molecular complexity index is 1100. The molecule has 0 aliphatic rings. The van der Waals surface area contributed by atoms with Crippen molar-refractivity contribution in [1.82, 2.24) is 9.99 Å². The van der Waals surface area contributed by atoms with Crippen molar-refractivity contribution in [2.24, 2.45) is 5.10 Å². The number of amides is 2. The second-order valence-corrected chi connectivity index (χ2v) is 6.90. The van der Waals surface area contributed by atoms with Crippen LogP contribution in [0.25, 0.3) is 5.69 Å². The van der Waals surface area contributed by atoms with Crippen molar-refractivity contribution in [3.8, 4) is 11.4 Å². The molecule has 0 saturated heterocycles. The van der Waals surface area contributed by atoms with Gasteiger partial charge in [-0.05, 0) is 56.3 Å². The fourth-order valence-corrected chi connectivity index (χ4v) is 3.22. The highest BCUT2D eigenvalue weighted by Gasteiger charge is 2.14. The normalized spacial score (nSPS) is 10.8. The van der Waals surface area contributed by atoms with E-state index >= 15 is 0 Å². The van der Waals surface area contributed by atoms with E-state index in [9.17, 15) is 9.59 Å². The van der Waals surface area contributed by atoms with E-state index in [2.05, 4.69) is 15.8 Å². The number of anilines is 1. The van der Waals surface area contributed by atoms with Gasteiger partial charge in [0.2, 0.25) is 0 Å². The highest BCUT2D eigenvalue weighted by atomic mass is 35.5. The van der Waals surface area contributed by atoms with Gasteiger partial charge in [0.25, 0.3) is 0 Å². The Balaban J connectivity index is 1.66. The zero-order valence-corrected chi connectivity index (χ0v) is 17.5. The number of halogens is 1. The van der Waals surface area contributed by atoms with Crippen LogP contribution in [0.5, 0.6) is 5.75 Å². The summed E-state index contributed by atoms with van der Waals surface area (Å²) in [7, 11) is 1.55. The molecule has 0 fully saturated rings. The summed E-state index contributed by atoms with van der Waals surface area (Å²) in [5, 5.41) is 7.04. The van der Waals surface area contributed by atoms with E-state index in [4.69, 9.17) is 16.3 Å². The molecule has 0 aliphatic carbocycles. The molecular weight excluding hydrogens is 404 g/mol. The quantitative estimate of drug-likeness (QED) is 0.370. The molecule has 2 aromatic carbocycles. The number of nitrogens with zero attached hydrogens (tertiary/aromatic N) is 2. The molecule has 8 heteroatoms. The van der Waals surface area contributed by atoms with Crippen LogP contribution in [0.2, 0.25) is 5.02 Å². The molecule has 3 rings (SSSR count). The van der Waals surface area contributed by atoms with Gasteiger partial charge in [0.1, 0.15) is 5.75 Å². The lowest BCUT2D eigenvalue weighted by Crippen LogP contribution is -2.32. The van der Waals surface area contributed by atoms with Crippen molar-refractivity contribution >= 4 is 35.3 Å². The Morgan fingerprint density at radius 1 is 1.07 bits per heavy atom. The number of para-hydroxylation sites is 1. The molecule has 2 amide bonds. The Morgan fingerprint density at radius 2 is 1.77 bits per heavy atom. The Hall–Kier alpha value is -3.58. The van der Waals surface area contributed by atoms with E-state index in [-0.39, 0.29) is 0 Å². The lowest BCUT2D eigenvalue weighted by atomic mass is 10.2. The molecule has 0 unspecified atom stereocenters. The van der Waals surface area contributed by atoms with Gasteiger partial charge in [0, 0.05) is 22.6 Å². The van der Waals surface area contributed by atoms with Crippen LogP contribution in [0.15, 0.2) is 59.7 Å². The molecule has 30 heavy (non-hydrogen) atoms. The number of hydrazone groups is 1. The largest absolute Gasteiger partial charge is 0.497 e. The third kappa shape index (κ3) is 4.69. The zero-order valence-electron chi connectivity index (χ0n) is 16.8. The molecule has 154 valence electrons. The minimum atomic E-state index is -0.873. The van der Waals surface area contributed by atoms with Crippen LogP contribution in [0.3, 0.4) is 0 Å². The van der Waals surface area contributed by atoms with Crippen LogP contribution < -0.4 is 15.5 Å². The Labute approximate surface area is 179 Å². The number of aromatic nitrogens is 1. The maximum Gasteiger partial charge on any atom is 0.329 e. The molecule has 0 atom stereocenters. The van der Waals surface area contributed by atoms with Crippen LogP contribution in [-0.2, 0) is 9.59 Å². The van der Waals surface area contributed by atoms with Gasteiger partial charge in [-0.25, -0.2) is 5.43 Å². The number of nitrogens with one attached hydrogen (secondary N) is 2. The third-order valence-corrected chi connectivity index (χ3v) is 4.81. The van der Waals surface area contributed by atoms with E-state index in [1.165, 1.54) is 6.21 Å². The lowest BCUT2D eigenvalue weighted by Gasteiger charge is -2.11. The summed E-state index contributed by atoms with van der Waals surface area (Å²) < 4.78 is 7.05. The van der Waals surface area contributed by atoms with Crippen molar-refractivity contribution in [3.05, 3.63) is 76.6 Å². The minimum absolute atomic E-state index is 0.475. The summed E-state index contributed by atoms with van der Waals surface area (Å²) in [5.41, 5.74) is 6.23. The highest BCUT2D eigenvalue weighted by molar-refractivity contribution is 6.39. The molecule has 0 bridgehead atoms. The lowest BCUT2D eigenvalue weighted by molar-refractivity contribution is -0.136.